The average Bonchev–Trinajstić information content (AvgIpc) is 2.45. The summed E-state index contributed by atoms with van der Waals surface area (Å²) in [7, 11) is -4.15. The van der Waals surface area contributed by atoms with Crippen LogP contribution in [0.4, 0.5) is 0 Å². The first kappa shape index (κ1) is 18.2. The van der Waals surface area contributed by atoms with Crippen LogP contribution in [-0.2, 0) is 4.57 Å². The minimum atomic E-state index is -4.15. The smallest absolute Gasteiger partial charge is 0.356 e. The van der Waals surface area contributed by atoms with Gasteiger partial charge in [-0.1, -0.05) is 51.9 Å². The summed E-state index contributed by atoms with van der Waals surface area (Å²) in [5.41, 5.74) is 0. The van der Waals surface area contributed by atoms with Crippen molar-refractivity contribution in [3.8, 4) is 5.75 Å². The highest BCUT2D eigenvalue weighted by Gasteiger charge is 2.16. The predicted molar refractivity (Wildman–Crippen MR) is 86.2 cm³/mol. The van der Waals surface area contributed by atoms with E-state index in [4.69, 9.17) is 14.5 Å². The fraction of sp³-hybridized carbons (Fsp3) is 0.625. The molecule has 0 radical (unpaired) electrons. The lowest BCUT2D eigenvalue weighted by atomic mass is 10.1. The summed E-state index contributed by atoms with van der Waals surface area (Å²) in [6.07, 6.45) is 10.1. The Hall–Kier alpha value is -0.830. The lowest BCUT2D eigenvalue weighted by Gasteiger charge is -2.08. The Balaban J connectivity index is 2.09. The molecule has 0 aliphatic rings. The largest absolute Gasteiger partial charge is 0.494 e. The van der Waals surface area contributed by atoms with Gasteiger partial charge in [0.25, 0.3) is 0 Å². The molecule has 0 unspecified atom stereocenters. The van der Waals surface area contributed by atoms with Crippen molar-refractivity contribution in [1.29, 1.82) is 0 Å². The van der Waals surface area contributed by atoms with Crippen molar-refractivity contribution < 1.29 is 19.1 Å². The summed E-state index contributed by atoms with van der Waals surface area (Å²) in [5.74, 6) is 0.662. The van der Waals surface area contributed by atoms with E-state index in [1.54, 1.807) is 12.1 Å². The summed E-state index contributed by atoms with van der Waals surface area (Å²) in [4.78, 5) is 18.0. The van der Waals surface area contributed by atoms with E-state index in [1.165, 1.54) is 57.1 Å². The standard InChI is InChI=1S/C16H27O4P/c1-2-3-4-5-6-7-8-9-14-20-15-10-12-16(13-11-15)21(17,18)19/h10-13H,2-9,14H2,1H3,(H2,17,18,19). The van der Waals surface area contributed by atoms with E-state index >= 15 is 0 Å². The quantitative estimate of drug-likeness (QED) is 0.478. The van der Waals surface area contributed by atoms with E-state index in [-0.39, 0.29) is 5.30 Å². The van der Waals surface area contributed by atoms with Crippen molar-refractivity contribution in [2.24, 2.45) is 0 Å². The summed E-state index contributed by atoms with van der Waals surface area (Å²) in [6.45, 7) is 2.88. The Morgan fingerprint density at radius 2 is 1.43 bits per heavy atom. The Morgan fingerprint density at radius 1 is 0.905 bits per heavy atom. The van der Waals surface area contributed by atoms with Gasteiger partial charge in [0.15, 0.2) is 0 Å². The normalized spacial score (nSPS) is 11.6. The van der Waals surface area contributed by atoms with Crippen molar-refractivity contribution in [3.63, 3.8) is 0 Å². The Kier molecular flexibility index (Phi) is 8.67. The van der Waals surface area contributed by atoms with E-state index in [2.05, 4.69) is 6.92 Å². The van der Waals surface area contributed by atoms with E-state index in [0.717, 1.165) is 6.42 Å². The van der Waals surface area contributed by atoms with E-state index in [1.807, 2.05) is 0 Å². The van der Waals surface area contributed by atoms with Crippen molar-refractivity contribution in [1.82, 2.24) is 0 Å². The van der Waals surface area contributed by atoms with Crippen LogP contribution in [0, 0.1) is 0 Å². The van der Waals surface area contributed by atoms with E-state index < -0.39 is 7.60 Å². The Bertz CT molecular complexity index is 424. The van der Waals surface area contributed by atoms with Gasteiger partial charge in [0.05, 0.1) is 11.9 Å². The lowest BCUT2D eigenvalue weighted by Crippen LogP contribution is -2.04. The third kappa shape index (κ3) is 8.25. The van der Waals surface area contributed by atoms with Gasteiger partial charge in [-0.15, -0.1) is 0 Å². The molecule has 2 N–H and O–H groups in total. The molecular formula is C16H27O4P. The highest BCUT2D eigenvalue weighted by Crippen LogP contribution is 2.33. The Labute approximate surface area is 127 Å². The highest BCUT2D eigenvalue weighted by atomic mass is 31.2. The van der Waals surface area contributed by atoms with Gasteiger partial charge in [0, 0.05) is 0 Å². The number of benzene rings is 1. The second-order valence-electron chi connectivity index (χ2n) is 5.36. The van der Waals surface area contributed by atoms with E-state index in [0.29, 0.717) is 12.4 Å². The minimum absolute atomic E-state index is 0.0296. The summed E-state index contributed by atoms with van der Waals surface area (Å²) in [6, 6.07) is 6.06. The molecule has 0 heterocycles. The molecule has 4 nitrogen and oxygen atoms in total. The SMILES string of the molecule is CCCCCCCCCCOc1ccc(P(=O)(O)O)cc1. The minimum Gasteiger partial charge on any atom is -0.494 e. The first-order valence-electron chi connectivity index (χ1n) is 7.83. The molecule has 0 aliphatic carbocycles. The maximum Gasteiger partial charge on any atom is 0.356 e. The van der Waals surface area contributed by atoms with Crippen LogP contribution in [0.1, 0.15) is 58.3 Å². The van der Waals surface area contributed by atoms with Gasteiger partial charge < -0.3 is 14.5 Å². The highest BCUT2D eigenvalue weighted by molar-refractivity contribution is 7.60. The van der Waals surface area contributed by atoms with Crippen LogP contribution in [0.5, 0.6) is 5.75 Å². The van der Waals surface area contributed by atoms with Crippen LogP contribution in [0.15, 0.2) is 24.3 Å². The molecule has 0 spiro atoms. The zero-order valence-corrected chi connectivity index (χ0v) is 13.7. The molecule has 1 aromatic carbocycles. The lowest BCUT2D eigenvalue weighted by molar-refractivity contribution is 0.304. The van der Waals surface area contributed by atoms with E-state index in [9.17, 15) is 4.57 Å². The fourth-order valence-corrected chi connectivity index (χ4v) is 2.70. The van der Waals surface area contributed by atoms with Gasteiger partial charge in [0.2, 0.25) is 0 Å². The van der Waals surface area contributed by atoms with Gasteiger partial charge >= 0.3 is 7.60 Å². The molecule has 5 heteroatoms. The van der Waals surface area contributed by atoms with Gasteiger partial charge in [-0.3, -0.25) is 4.57 Å². The topological polar surface area (TPSA) is 66.8 Å². The van der Waals surface area contributed by atoms with Crippen LogP contribution < -0.4 is 10.0 Å². The number of rotatable bonds is 11. The number of ether oxygens (including phenoxy) is 1. The number of unbranched alkanes of at least 4 members (excludes halogenated alkanes) is 7. The van der Waals surface area contributed by atoms with Crippen LogP contribution in [0.2, 0.25) is 0 Å². The molecule has 0 aliphatic heterocycles. The molecular weight excluding hydrogens is 287 g/mol. The van der Waals surface area contributed by atoms with Crippen molar-refractivity contribution in [2.75, 3.05) is 6.61 Å². The first-order valence-corrected chi connectivity index (χ1v) is 9.44. The van der Waals surface area contributed by atoms with Crippen molar-refractivity contribution in [3.05, 3.63) is 24.3 Å². The molecule has 0 atom stereocenters. The summed E-state index contributed by atoms with van der Waals surface area (Å²) in [5, 5.41) is 0.0296. The zero-order chi connectivity index (χ0) is 15.6. The van der Waals surface area contributed by atoms with Gasteiger partial charge in [-0.25, -0.2) is 0 Å². The van der Waals surface area contributed by atoms with Crippen molar-refractivity contribution in [2.45, 2.75) is 58.3 Å². The molecule has 21 heavy (non-hydrogen) atoms. The molecule has 0 aromatic heterocycles. The molecule has 1 rings (SSSR count). The molecule has 0 fully saturated rings. The maximum absolute atomic E-state index is 11.0. The van der Waals surface area contributed by atoms with Crippen LogP contribution >= 0.6 is 7.60 Å². The summed E-state index contributed by atoms with van der Waals surface area (Å²) >= 11 is 0. The number of hydrogen-bond donors (Lipinski definition) is 2. The van der Waals surface area contributed by atoms with Gasteiger partial charge in [-0.05, 0) is 30.7 Å². The molecule has 1 aromatic rings. The van der Waals surface area contributed by atoms with Crippen molar-refractivity contribution >= 4 is 12.9 Å². The molecule has 120 valence electrons. The second-order valence-corrected chi connectivity index (χ2v) is 6.97. The molecule has 0 saturated carbocycles. The van der Waals surface area contributed by atoms with Gasteiger partial charge in [-0.2, -0.15) is 0 Å². The first-order chi connectivity index (χ1) is 10.0. The second kappa shape index (κ2) is 9.99. The monoisotopic (exact) mass is 314 g/mol. The molecule has 0 bridgehead atoms. The van der Waals surface area contributed by atoms with Crippen LogP contribution in [-0.4, -0.2) is 16.4 Å². The Morgan fingerprint density at radius 3 is 1.95 bits per heavy atom. The third-order valence-corrected chi connectivity index (χ3v) is 4.41. The predicted octanol–water partition coefficient (Wildman–Crippen LogP) is 4.01. The van der Waals surface area contributed by atoms with Crippen LogP contribution in [0.25, 0.3) is 0 Å². The van der Waals surface area contributed by atoms with Gasteiger partial charge in [0.1, 0.15) is 5.75 Å². The van der Waals surface area contributed by atoms with Crippen LogP contribution in [0.3, 0.4) is 0 Å². The fourth-order valence-electron chi connectivity index (χ4n) is 2.16. The third-order valence-electron chi connectivity index (χ3n) is 3.44. The summed E-state index contributed by atoms with van der Waals surface area (Å²) < 4.78 is 16.6. The average molecular weight is 314 g/mol. The zero-order valence-electron chi connectivity index (χ0n) is 12.8. The number of hydrogen-bond acceptors (Lipinski definition) is 2. The molecule has 0 amide bonds. The maximum atomic E-state index is 11.0. The molecule has 0 saturated heterocycles.